The lowest BCUT2D eigenvalue weighted by molar-refractivity contribution is 1.31. The first-order valence-corrected chi connectivity index (χ1v) is 6.03. The summed E-state index contributed by atoms with van der Waals surface area (Å²) in [5.41, 5.74) is 10.6. The fraction of sp³-hybridized carbons (Fsp3) is 0.0714. The normalized spacial score (nSPS) is 11.0. The van der Waals surface area contributed by atoms with Gasteiger partial charge in [0.25, 0.3) is 0 Å². The number of halogens is 1. The number of fused-ring (bicyclic) bond motifs is 1. The van der Waals surface area contributed by atoms with Gasteiger partial charge >= 0.3 is 0 Å². The second kappa shape index (κ2) is 4.03. The van der Waals surface area contributed by atoms with Crippen LogP contribution in [0.1, 0.15) is 5.56 Å². The van der Waals surface area contributed by atoms with E-state index in [0.717, 1.165) is 33.7 Å². The number of nitrogens with zero attached hydrogens (tertiary/aromatic N) is 1. The van der Waals surface area contributed by atoms with Gasteiger partial charge in [0, 0.05) is 16.3 Å². The van der Waals surface area contributed by atoms with Gasteiger partial charge in [-0.2, -0.15) is 0 Å². The summed E-state index contributed by atoms with van der Waals surface area (Å²) in [6.07, 6.45) is 0. The fourth-order valence-corrected chi connectivity index (χ4v) is 2.29. The molecule has 3 rings (SSSR count). The molecular weight excluding hydrogens is 246 g/mol. The van der Waals surface area contributed by atoms with Crippen LogP contribution in [0.3, 0.4) is 0 Å². The number of benzene rings is 2. The number of aromatic amines is 1. The molecule has 0 atom stereocenters. The zero-order chi connectivity index (χ0) is 12.7. The number of imidazole rings is 1. The first-order valence-electron chi connectivity index (χ1n) is 5.66. The summed E-state index contributed by atoms with van der Waals surface area (Å²) >= 11 is 5.96. The molecule has 0 aliphatic heterocycles. The zero-order valence-electron chi connectivity index (χ0n) is 9.87. The van der Waals surface area contributed by atoms with E-state index in [1.54, 1.807) is 0 Å². The van der Waals surface area contributed by atoms with Crippen LogP contribution in [0.2, 0.25) is 5.02 Å². The van der Waals surface area contributed by atoms with Crippen LogP contribution in [0.25, 0.3) is 22.4 Å². The number of nitrogen functional groups attached to an aromatic ring is 1. The third-order valence-electron chi connectivity index (χ3n) is 2.99. The predicted octanol–water partition coefficient (Wildman–Crippen LogP) is 3.77. The lowest BCUT2D eigenvalue weighted by Gasteiger charge is -2.05. The Morgan fingerprint density at radius 2 is 2.06 bits per heavy atom. The van der Waals surface area contributed by atoms with Crippen LogP contribution >= 0.6 is 11.6 Å². The van der Waals surface area contributed by atoms with E-state index in [4.69, 9.17) is 17.3 Å². The van der Waals surface area contributed by atoms with Gasteiger partial charge in [0.15, 0.2) is 0 Å². The van der Waals surface area contributed by atoms with E-state index in [1.807, 2.05) is 43.3 Å². The summed E-state index contributed by atoms with van der Waals surface area (Å²) in [6.45, 7) is 2.02. The van der Waals surface area contributed by atoms with Crippen LogP contribution in [0.5, 0.6) is 0 Å². The van der Waals surface area contributed by atoms with Crippen molar-refractivity contribution in [2.45, 2.75) is 6.92 Å². The molecule has 0 saturated carbocycles. The van der Waals surface area contributed by atoms with Crippen molar-refractivity contribution in [2.75, 3.05) is 5.73 Å². The van der Waals surface area contributed by atoms with E-state index in [2.05, 4.69) is 9.97 Å². The number of aryl methyl sites for hydroxylation is 1. The average Bonchev–Trinajstić information content (AvgIpc) is 2.71. The average molecular weight is 258 g/mol. The number of anilines is 1. The van der Waals surface area contributed by atoms with Gasteiger partial charge in [0.1, 0.15) is 5.82 Å². The smallest absolute Gasteiger partial charge is 0.140 e. The van der Waals surface area contributed by atoms with E-state index >= 15 is 0 Å². The zero-order valence-corrected chi connectivity index (χ0v) is 10.6. The Labute approximate surface area is 110 Å². The molecule has 3 aromatic rings. The van der Waals surface area contributed by atoms with E-state index in [0.29, 0.717) is 5.02 Å². The summed E-state index contributed by atoms with van der Waals surface area (Å²) in [5.74, 6) is 0.780. The number of H-pyrrole nitrogens is 1. The van der Waals surface area contributed by atoms with Crippen LogP contribution in [0.4, 0.5) is 5.69 Å². The minimum Gasteiger partial charge on any atom is -0.398 e. The largest absolute Gasteiger partial charge is 0.398 e. The molecule has 0 spiro atoms. The standard InChI is InChI=1S/C14H12ClN3/c1-8-3-2-4-10(16)13(8)14-17-11-6-5-9(15)7-12(11)18-14/h2-7H,16H2,1H3,(H,17,18). The third-order valence-corrected chi connectivity index (χ3v) is 3.22. The SMILES string of the molecule is Cc1cccc(N)c1-c1nc2ccc(Cl)cc2[nH]1. The minimum atomic E-state index is 0.690. The highest BCUT2D eigenvalue weighted by Crippen LogP contribution is 2.29. The molecule has 0 radical (unpaired) electrons. The second-order valence-corrected chi connectivity index (χ2v) is 4.72. The Morgan fingerprint density at radius 3 is 2.83 bits per heavy atom. The molecule has 0 saturated heterocycles. The maximum atomic E-state index is 6.02. The van der Waals surface area contributed by atoms with E-state index in [9.17, 15) is 0 Å². The Morgan fingerprint density at radius 1 is 1.22 bits per heavy atom. The fourth-order valence-electron chi connectivity index (χ4n) is 2.11. The van der Waals surface area contributed by atoms with Crippen LogP contribution in [0, 0.1) is 6.92 Å². The highest BCUT2D eigenvalue weighted by Gasteiger charge is 2.10. The van der Waals surface area contributed by atoms with Gasteiger partial charge in [0.2, 0.25) is 0 Å². The molecule has 90 valence electrons. The van der Waals surface area contributed by atoms with Crippen molar-refractivity contribution in [2.24, 2.45) is 0 Å². The summed E-state index contributed by atoms with van der Waals surface area (Å²) < 4.78 is 0. The quantitative estimate of drug-likeness (QED) is 0.652. The molecule has 0 amide bonds. The Kier molecular flexibility index (Phi) is 2.49. The Bertz CT molecular complexity index is 711. The number of hydrogen-bond donors (Lipinski definition) is 2. The van der Waals surface area contributed by atoms with Gasteiger partial charge in [-0.1, -0.05) is 23.7 Å². The van der Waals surface area contributed by atoms with Crippen LogP contribution in [0.15, 0.2) is 36.4 Å². The van der Waals surface area contributed by atoms with Gasteiger partial charge in [-0.15, -0.1) is 0 Å². The van der Waals surface area contributed by atoms with Crippen molar-refractivity contribution in [3.63, 3.8) is 0 Å². The van der Waals surface area contributed by atoms with Gasteiger partial charge in [0.05, 0.1) is 11.0 Å². The molecule has 4 heteroatoms. The lowest BCUT2D eigenvalue weighted by atomic mass is 10.1. The summed E-state index contributed by atoms with van der Waals surface area (Å²) in [6, 6.07) is 11.4. The van der Waals surface area contributed by atoms with Crippen molar-refractivity contribution in [1.82, 2.24) is 9.97 Å². The highest BCUT2D eigenvalue weighted by molar-refractivity contribution is 6.31. The number of aromatic nitrogens is 2. The molecule has 0 fully saturated rings. The van der Waals surface area contributed by atoms with Gasteiger partial charge < -0.3 is 10.7 Å². The third kappa shape index (κ3) is 1.73. The lowest BCUT2D eigenvalue weighted by Crippen LogP contribution is -1.93. The van der Waals surface area contributed by atoms with Crippen LogP contribution < -0.4 is 5.73 Å². The summed E-state index contributed by atoms with van der Waals surface area (Å²) in [7, 11) is 0. The number of hydrogen-bond acceptors (Lipinski definition) is 2. The van der Waals surface area contributed by atoms with Crippen LogP contribution in [-0.4, -0.2) is 9.97 Å². The molecule has 3 nitrogen and oxygen atoms in total. The van der Waals surface area contributed by atoms with Crippen LogP contribution in [-0.2, 0) is 0 Å². The summed E-state index contributed by atoms with van der Waals surface area (Å²) in [4.78, 5) is 7.81. The van der Waals surface area contributed by atoms with Gasteiger partial charge in [-0.05, 0) is 36.8 Å². The van der Waals surface area contributed by atoms with Gasteiger partial charge in [-0.3, -0.25) is 0 Å². The topological polar surface area (TPSA) is 54.7 Å². The maximum Gasteiger partial charge on any atom is 0.140 e. The van der Waals surface area contributed by atoms with Crippen molar-refractivity contribution in [3.8, 4) is 11.4 Å². The van der Waals surface area contributed by atoms with E-state index in [-0.39, 0.29) is 0 Å². The second-order valence-electron chi connectivity index (χ2n) is 4.29. The summed E-state index contributed by atoms with van der Waals surface area (Å²) in [5, 5.41) is 0.690. The molecule has 1 heterocycles. The monoisotopic (exact) mass is 257 g/mol. The van der Waals surface area contributed by atoms with Crippen molar-refractivity contribution in [3.05, 3.63) is 47.0 Å². The maximum absolute atomic E-state index is 6.02. The molecule has 0 unspecified atom stereocenters. The molecule has 1 aromatic heterocycles. The number of rotatable bonds is 1. The molecular formula is C14H12ClN3. The number of nitrogens with two attached hydrogens (primary N) is 1. The first kappa shape index (κ1) is 11.1. The highest BCUT2D eigenvalue weighted by atomic mass is 35.5. The number of nitrogens with one attached hydrogen (secondary N) is 1. The van der Waals surface area contributed by atoms with Gasteiger partial charge in [-0.25, -0.2) is 4.98 Å². The van der Waals surface area contributed by atoms with Crippen molar-refractivity contribution in [1.29, 1.82) is 0 Å². The Hall–Kier alpha value is -2.00. The molecule has 0 aliphatic carbocycles. The molecule has 3 N–H and O–H groups in total. The molecule has 0 aliphatic rings. The van der Waals surface area contributed by atoms with E-state index < -0.39 is 0 Å². The predicted molar refractivity (Wildman–Crippen MR) is 75.7 cm³/mol. The minimum absolute atomic E-state index is 0.690. The molecule has 18 heavy (non-hydrogen) atoms. The van der Waals surface area contributed by atoms with E-state index in [1.165, 1.54) is 0 Å². The van der Waals surface area contributed by atoms with Crippen molar-refractivity contribution >= 4 is 28.3 Å². The van der Waals surface area contributed by atoms with Crippen molar-refractivity contribution < 1.29 is 0 Å². The first-order chi connectivity index (χ1) is 8.65. The Balaban J connectivity index is 2.26. The molecule has 2 aromatic carbocycles. The molecule has 0 bridgehead atoms.